The van der Waals surface area contributed by atoms with Gasteiger partial charge in [0.25, 0.3) is 0 Å². The predicted molar refractivity (Wildman–Crippen MR) is 250 cm³/mol. The number of para-hydroxylation sites is 3. The van der Waals surface area contributed by atoms with Gasteiger partial charge in [0.05, 0.1) is 11.0 Å². The number of furan rings is 2. The van der Waals surface area contributed by atoms with E-state index in [1.807, 2.05) is 18.2 Å². The first-order valence-corrected chi connectivity index (χ1v) is 20.4. The fraction of sp³-hybridized carbons (Fsp3) is 0. The minimum absolute atomic E-state index is 0.869. The Hall–Kier alpha value is -8.08. The molecule has 0 saturated carbocycles. The van der Waals surface area contributed by atoms with Crippen LogP contribution in [-0.2, 0) is 0 Å². The SMILES string of the molecule is c1ccc(-n2c3ccc(-c4ccc(N(c5ccc6ccccc6c5)c5ccc6c(c5)oc5ccccc56)cc4)cc3c3cc4c(ccc5oc6ccccc6c54)cc32)cc1. The van der Waals surface area contributed by atoms with Gasteiger partial charge in [-0.2, -0.15) is 0 Å². The lowest BCUT2D eigenvalue weighted by atomic mass is 9.99. The van der Waals surface area contributed by atoms with Crippen LogP contribution in [0.2, 0.25) is 0 Å². The Bertz CT molecular complexity index is 3830. The maximum atomic E-state index is 6.38. The van der Waals surface area contributed by atoms with Crippen molar-refractivity contribution in [3.63, 3.8) is 0 Å². The first-order valence-electron chi connectivity index (χ1n) is 20.4. The second-order valence-corrected chi connectivity index (χ2v) is 15.7. The first kappa shape index (κ1) is 32.9. The highest BCUT2D eigenvalue weighted by Gasteiger charge is 2.19. The Balaban J connectivity index is 0.974. The van der Waals surface area contributed by atoms with E-state index in [1.54, 1.807) is 0 Å². The van der Waals surface area contributed by atoms with Crippen LogP contribution in [0.5, 0.6) is 0 Å². The van der Waals surface area contributed by atoms with Crippen molar-refractivity contribution in [3.05, 3.63) is 206 Å². The summed E-state index contributed by atoms with van der Waals surface area (Å²) in [6.45, 7) is 0. The minimum atomic E-state index is 0.869. The Morgan fingerprint density at radius 2 is 0.950 bits per heavy atom. The molecule has 0 fully saturated rings. The van der Waals surface area contributed by atoms with Gasteiger partial charge in [0, 0.05) is 61.1 Å². The van der Waals surface area contributed by atoms with E-state index < -0.39 is 0 Å². The molecule has 3 heterocycles. The summed E-state index contributed by atoms with van der Waals surface area (Å²) in [5.74, 6) is 0. The van der Waals surface area contributed by atoms with Crippen LogP contribution >= 0.6 is 0 Å². The van der Waals surface area contributed by atoms with Gasteiger partial charge in [-0.15, -0.1) is 0 Å². The number of nitrogens with zero attached hydrogens (tertiary/aromatic N) is 2. The summed E-state index contributed by atoms with van der Waals surface area (Å²) >= 11 is 0. The highest BCUT2D eigenvalue weighted by Crippen LogP contribution is 2.43. The van der Waals surface area contributed by atoms with Crippen LogP contribution in [0, 0.1) is 0 Å². The zero-order chi connectivity index (χ0) is 39.3. The normalized spacial score (nSPS) is 12.0. The molecular weight excluding hydrogens is 733 g/mol. The van der Waals surface area contributed by atoms with Gasteiger partial charge in [-0.25, -0.2) is 0 Å². The molecule has 4 heteroatoms. The number of aromatic nitrogens is 1. The molecular formula is C56H34N2O2. The highest BCUT2D eigenvalue weighted by atomic mass is 16.3. The number of hydrogen-bond acceptors (Lipinski definition) is 3. The van der Waals surface area contributed by atoms with Crippen molar-refractivity contribution in [2.75, 3.05) is 4.90 Å². The van der Waals surface area contributed by atoms with E-state index in [0.717, 1.165) is 77.8 Å². The summed E-state index contributed by atoms with van der Waals surface area (Å²) in [6.07, 6.45) is 0. The smallest absolute Gasteiger partial charge is 0.137 e. The second-order valence-electron chi connectivity index (χ2n) is 15.7. The topological polar surface area (TPSA) is 34.5 Å². The van der Waals surface area contributed by atoms with E-state index in [9.17, 15) is 0 Å². The van der Waals surface area contributed by atoms with Crippen molar-refractivity contribution in [3.8, 4) is 16.8 Å². The van der Waals surface area contributed by atoms with Gasteiger partial charge >= 0.3 is 0 Å². The lowest BCUT2D eigenvalue weighted by Crippen LogP contribution is -2.09. The molecule has 10 aromatic carbocycles. The summed E-state index contributed by atoms with van der Waals surface area (Å²) in [6, 6.07) is 73.9. The Labute approximate surface area is 344 Å². The molecule has 0 amide bonds. The van der Waals surface area contributed by atoms with Crippen molar-refractivity contribution >= 4 is 104 Å². The Morgan fingerprint density at radius 1 is 0.317 bits per heavy atom. The lowest BCUT2D eigenvalue weighted by Gasteiger charge is -2.26. The molecule has 13 rings (SSSR count). The van der Waals surface area contributed by atoms with E-state index >= 15 is 0 Å². The molecule has 60 heavy (non-hydrogen) atoms. The fourth-order valence-corrected chi connectivity index (χ4v) is 9.52. The standard InChI is InChI=1S/C56H34N2O2/c1-2-12-40(13-3-1)58-50-28-21-38(31-48(50)49-34-47-39(32-51(49)58)22-29-54-56(47)46-15-7-9-17-53(46)59-54)36-18-23-41(24-19-36)57(42-25-20-35-10-4-5-11-37(35)30-42)43-26-27-45-44-14-6-8-16-52(44)60-55(45)33-43/h1-34H. The van der Waals surface area contributed by atoms with Crippen molar-refractivity contribution < 1.29 is 8.83 Å². The minimum Gasteiger partial charge on any atom is -0.456 e. The second kappa shape index (κ2) is 12.7. The number of rotatable bonds is 5. The van der Waals surface area contributed by atoms with Gasteiger partial charge in [-0.3, -0.25) is 0 Å². The molecule has 0 bridgehead atoms. The maximum Gasteiger partial charge on any atom is 0.137 e. The third kappa shape index (κ3) is 4.98. The van der Waals surface area contributed by atoms with Crippen molar-refractivity contribution in [2.24, 2.45) is 0 Å². The van der Waals surface area contributed by atoms with Crippen LogP contribution in [0.15, 0.2) is 215 Å². The Morgan fingerprint density at radius 3 is 1.82 bits per heavy atom. The average molecular weight is 767 g/mol. The number of hydrogen-bond donors (Lipinski definition) is 0. The quantitative estimate of drug-likeness (QED) is 0.175. The molecule has 0 aliphatic carbocycles. The van der Waals surface area contributed by atoms with Gasteiger partial charge in [0.15, 0.2) is 0 Å². The molecule has 0 saturated heterocycles. The molecule has 0 unspecified atom stereocenters. The molecule has 280 valence electrons. The predicted octanol–water partition coefficient (Wildman–Crippen LogP) is 16.0. The van der Waals surface area contributed by atoms with E-state index in [2.05, 4.69) is 198 Å². The van der Waals surface area contributed by atoms with Crippen LogP contribution in [-0.4, -0.2) is 4.57 Å². The lowest BCUT2D eigenvalue weighted by molar-refractivity contribution is 0.668. The Kier molecular flexibility index (Phi) is 6.98. The third-order valence-corrected chi connectivity index (χ3v) is 12.3. The largest absolute Gasteiger partial charge is 0.456 e. The van der Waals surface area contributed by atoms with Crippen LogP contribution in [0.4, 0.5) is 17.1 Å². The maximum absolute atomic E-state index is 6.38. The molecule has 13 aromatic rings. The summed E-state index contributed by atoms with van der Waals surface area (Å²) in [4.78, 5) is 2.32. The van der Waals surface area contributed by atoms with Crippen molar-refractivity contribution in [1.29, 1.82) is 0 Å². The molecule has 0 radical (unpaired) electrons. The van der Waals surface area contributed by atoms with Gasteiger partial charge < -0.3 is 18.3 Å². The molecule has 0 N–H and O–H groups in total. The molecule has 0 spiro atoms. The fourth-order valence-electron chi connectivity index (χ4n) is 9.52. The van der Waals surface area contributed by atoms with Crippen LogP contribution in [0.1, 0.15) is 0 Å². The van der Waals surface area contributed by atoms with E-state index in [-0.39, 0.29) is 0 Å². The van der Waals surface area contributed by atoms with Gasteiger partial charge in [-0.1, -0.05) is 109 Å². The number of anilines is 3. The van der Waals surface area contributed by atoms with Crippen molar-refractivity contribution in [1.82, 2.24) is 4.57 Å². The molecule has 0 aliphatic rings. The first-order chi connectivity index (χ1) is 29.7. The van der Waals surface area contributed by atoms with Crippen molar-refractivity contribution in [2.45, 2.75) is 0 Å². The molecule has 0 aliphatic heterocycles. The van der Waals surface area contributed by atoms with Gasteiger partial charge in [0.1, 0.15) is 22.3 Å². The average Bonchev–Trinajstić information content (AvgIpc) is 3.98. The van der Waals surface area contributed by atoms with E-state index in [0.29, 0.717) is 0 Å². The molecule has 3 aromatic heterocycles. The van der Waals surface area contributed by atoms with Crippen LogP contribution in [0.25, 0.3) is 104 Å². The monoisotopic (exact) mass is 766 g/mol. The van der Waals surface area contributed by atoms with Crippen LogP contribution in [0.3, 0.4) is 0 Å². The summed E-state index contributed by atoms with van der Waals surface area (Å²) < 4.78 is 15.1. The summed E-state index contributed by atoms with van der Waals surface area (Å²) in [5.41, 5.74) is 12.6. The van der Waals surface area contributed by atoms with Gasteiger partial charge in [0.2, 0.25) is 0 Å². The third-order valence-electron chi connectivity index (χ3n) is 12.3. The van der Waals surface area contributed by atoms with Gasteiger partial charge in [-0.05, 0) is 124 Å². The zero-order valence-electron chi connectivity index (χ0n) is 32.3. The summed E-state index contributed by atoms with van der Waals surface area (Å²) in [5, 5.41) is 11.7. The number of benzene rings is 10. The van der Waals surface area contributed by atoms with Crippen LogP contribution < -0.4 is 4.90 Å². The zero-order valence-corrected chi connectivity index (χ0v) is 32.3. The summed E-state index contributed by atoms with van der Waals surface area (Å²) in [7, 11) is 0. The van der Waals surface area contributed by atoms with E-state index in [1.165, 1.54) is 43.4 Å². The molecule has 0 atom stereocenters. The molecule has 4 nitrogen and oxygen atoms in total. The highest BCUT2D eigenvalue weighted by molar-refractivity contribution is 6.23. The van der Waals surface area contributed by atoms with E-state index in [4.69, 9.17) is 8.83 Å². The number of fused-ring (bicyclic) bond motifs is 12.